The lowest BCUT2D eigenvalue weighted by Crippen LogP contribution is -2.36. The van der Waals surface area contributed by atoms with E-state index in [0.717, 1.165) is 5.75 Å². The van der Waals surface area contributed by atoms with E-state index in [1.165, 1.54) is 26.4 Å². The summed E-state index contributed by atoms with van der Waals surface area (Å²) in [6.45, 7) is 0.685. The zero-order valence-electron chi connectivity index (χ0n) is 21.8. The maximum atomic E-state index is 13.6. The lowest BCUT2D eigenvalue weighted by molar-refractivity contribution is -0.122. The molecule has 1 atom stereocenters. The molecule has 0 bridgehead atoms. The van der Waals surface area contributed by atoms with E-state index in [-0.39, 0.29) is 16.5 Å². The van der Waals surface area contributed by atoms with Crippen LogP contribution in [0.25, 0.3) is 11.0 Å². The monoisotopic (exact) mass is 580 g/mol. The van der Waals surface area contributed by atoms with Gasteiger partial charge in [0, 0.05) is 42.1 Å². The van der Waals surface area contributed by atoms with E-state index in [2.05, 4.69) is 20.0 Å². The van der Waals surface area contributed by atoms with E-state index in [9.17, 15) is 13.2 Å². The van der Waals surface area contributed by atoms with Crippen LogP contribution >= 0.6 is 11.8 Å². The summed E-state index contributed by atoms with van der Waals surface area (Å²) in [4.78, 5) is 23.4. The van der Waals surface area contributed by atoms with Crippen molar-refractivity contribution < 1.29 is 22.7 Å². The molecule has 40 heavy (non-hydrogen) atoms. The van der Waals surface area contributed by atoms with Gasteiger partial charge in [0.25, 0.3) is 10.0 Å². The third-order valence-corrected chi connectivity index (χ3v) is 8.64. The Morgan fingerprint density at radius 1 is 0.975 bits per heavy atom. The van der Waals surface area contributed by atoms with Crippen molar-refractivity contribution in [1.82, 2.24) is 14.9 Å². The Bertz CT molecular complexity index is 1640. The van der Waals surface area contributed by atoms with Crippen molar-refractivity contribution in [2.75, 3.05) is 42.4 Å². The number of aromatic nitrogens is 2. The maximum Gasteiger partial charge on any atom is 0.263 e. The Balaban J connectivity index is 1.52. The number of primary amides is 1. The largest absolute Gasteiger partial charge is 0.497 e. The number of ether oxygens (including phenoxy) is 2. The van der Waals surface area contributed by atoms with Gasteiger partial charge in [0.1, 0.15) is 17.5 Å². The Morgan fingerprint density at radius 3 is 2.25 bits per heavy atom. The molecule has 4 N–H and O–H groups in total. The molecule has 1 unspecified atom stereocenters. The molecular weight excluding hydrogens is 552 g/mol. The normalized spacial score (nSPS) is 14.6. The number of hydrogen-bond donors (Lipinski definition) is 3. The van der Waals surface area contributed by atoms with Crippen molar-refractivity contribution in [1.29, 1.82) is 0 Å². The number of fused-ring (bicyclic) bond motifs is 1. The predicted molar refractivity (Wildman–Crippen MR) is 156 cm³/mol. The van der Waals surface area contributed by atoms with E-state index in [0.29, 0.717) is 46.2 Å². The smallest absolute Gasteiger partial charge is 0.263 e. The van der Waals surface area contributed by atoms with Gasteiger partial charge in [0.05, 0.1) is 30.1 Å². The van der Waals surface area contributed by atoms with Crippen LogP contribution in [-0.4, -0.2) is 61.6 Å². The third-order valence-electron chi connectivity index (χ3n) is 6.31. The highest BCUT2D eigenvalue weighted by atomic mass is 32.2. The van der Waals surface area contributed by atoms with Gasteiger partial charge in [-0.1, -0.05) is 24.3 Å². The summed E-state index contributed by atoms with van der Waals surface area (Å²) in [5, 5.41) is 3.14. The second-order valence-corrected chi connectivity index (χ2v) is 11.7. The Kier molecular flexibility index (Phi) is 7.96. The zero-order chi connectivity index (χ0) is 28.3. The van der Waals surface area contributed by atoms with Crippen LogP contribution in [0, 0.1) is 0 Å². The van der Waals surface area contributed by atoms with Crippen LogP contribution in [0.2, 0.25) is 0 Å². The second kappa shape index (κ2) is 11.6. The number of sulfonamides is 1. The van der Waals surface area contributed by atoms with Crippen LogP contribution in [0.5, 0.6) is 11.5 Å². The van der Waals surface area contributed by atoms with Gasteiger partial charge in [-0.3, -0.25) is 14.4 Å². The maximum absolute atomic E-state index is 13.6. The van der Waals surface area contributed by atoms with Crippen LogP contribution in [0.1, 0.15) is 11.6 Å². The van der Waals surface area contributed by atoms with Crippen LogP contribution in [0.15, 0.2) is 71.6 Å². The molecule has 1 aliphatic rings. The highest BCUT2D eigenvalue weighted by Crippen LogP contribution is 2.32. The number of methoxy groups -OCH3 is 2. The van der Waals surface area contributed by atoms with E-state index < -0.39 is 22.0 Å². The van der Waals surface area contributed by atoms with Crippen molar-refractivity contribution in [2.45, 2.75) is 10.9 Å². The minimum Gasteiger partial charge on any atom is -0.497 e. The Labute approximate surface area is 236 Å². The van der Waals surface area contributed by atoms with Crippen molar-refractivity contribution >= 4 is 56.0 Å². The van der Waals surface area contributed by atoms with E-state index in [4.69, 9.17) is 15.2 Å². The Morgan fingerprint density at radius 2 is 1.65 bits per heavy atom. The first kappa shape index (κ1) is 27.5. The average molecular weight is 581 g/mol. The lowest BCUT2D eigenvalue weighted by atomic mass is 10.1. The van der Waals surface area contributed by atoms with E-state index in [1.54, 1.807) is 60.3 Å². The highest BCUT2D eigenvalue weighted by molar-refractivity contribution is 7.99. The van der Waals surface area contributed by atoms with Gasteiger partial charge in [-0.15, -0.1) is 11.8 Å². The topological polar surface area (TPSA) is 149 Å². The molecule has 0 radical (unpaired) electrons. The SMILES string of the molecule is COc1cc(Nc2nc3ccccc3nc2NS(=O)(=O)c2cccc(C(C(N)=O)N3CCSC3)c2)cc(OC)c1. The van der Waals surface area contributed by atoms with Crippen LogP contribution in [0.4, 0.5) is 17.3 Å². The molecule has 1 fully saturated rings. The summed E-state index contributed by atoms with van der Waals surface area (Å²) in [5.41, 5.74) is 7.85. The van der Waals surface area contributed by atoms with E-state index in [1.807, 2.05) is 11.0 Å². The van der Waals surface area contributed by atoms with Crippen molar-refractivity contribution in [3.63, 3.8) is 0 Å². The molecule has 0 aliphatic carbocycles. The van der Waals surface area contributed by atoms with Crippen LogP contribution in [-0.2, 0) is 14.8 Å². The minimum atomic E-state index is -4.15. The molecular formula is C27H28N6O5S2. The zero-order valence-corrected chi connectivity index (χ0v) is 23.5. The van der Waals surface area contributed by atoms with E-state index >= 15 is 0 Å². The number of rotatable bonds is 10. The quantitative estimate of drug-likeness (QED) is 0.253. The van der Waals surface area contributed by atoms with Crippen molar-refractivity contribution in [3.8, 4) is 11.5 Å². The number of hydrogen-bond acceptors (Lipinski definition) is 10. The number of nitrogens with two attached hydrogens (primary N) is 1. The number of nitrogens with one attached hydrogen (secondary N) is 2. The summed E-state index contributed by atoms with van der Waals surface area (Å²) >= 11 is 1.69. The fraction of sp³-hybridized carbons (Fsp3) is 0.222. The number of carbonyl (C=O) groups excluding carboxylic acids is 1. The lowest BCUT2D eigenvalue weighted by Gasteiger charge is -2.24. The first-order chi connectivity index (χ1) is 19.3. The molecule has 11 nitrogen and oxygen atoms in total. The molecule has 1 aromatic heterocycles. The number of amides is 1. The van der Waals surface area contributed by atoms with Gasteiger partial charge in [-0.25, -0.2) is 18.4 Å². The summed E-state index contributed by atoms with van der Waals surface area (Å²) in [5.74, 6) is 2.22. The molecule has 1 saturated heterocycles. The predicted octanol–water partition coefficient (Wildman–Crippen LogP) is 3.72. The van der Waals surface area contributed by atoms with Crippen molar-refractivity contribution in [2.24, 2.45) is 5.73 Å². The minimum absolute atomic E-state index is 0.00622. The second-order valence-electron chi connectivity index (χ2n) is 8.97. The first-order valence-electron chi connectivity index (χ1n) is 12.3. The highest BCUT2D eigenvalue weighted by Gasteiger charge is 2.29. The summed E-state index contributed by atoms with van der Waals surface area (Å²) < 4.78 is 40.5. The number of benzene rings is 3. The number of para-hydroxylation sites is 2. The average Bonchev–Trinajstić information content (AvgIpc) is 3.47. The first-order valence-corrected chi connectivity index (χ1v) is 14.9. The third kappa shape index (κ3) is 5.91. The van der Waals surface area contributed by atoms with Crippen molar-refractivity contribution in [3.05, 3.63) is 72.3 Å². The fourth-order valence-corrected chi connectivity index (χ4v) is 6.47. The molecule has 0 spiro atoms. The van der Waals surface area contributed by atoms with Gasteiger partial charge in [0.2, 0.25) is 5.91 Å². The Hall–Kier alpha value is -4.07. The molecule has 1 amide bonds. The standard InChI is InChI=1S/C27H28N6O5S2/c1-37-19-13-18(14-20(15-19)38-2)29-26-27(31-23-9-4-3-8-22(23)30-26)32-40(35,36)21-7-5-6-17(12-21)24(25(28)34)33-10-11-39-16-33/h3-9,12-15,24H,10-11,16H2,1-2H3,(H2,28,34)(H,29,30)(H,31,32). The van der Waals surface area contributed by atoms with Gasteiger partial charge in [0.15, 0.2) is 11.6 Å². The van der Waals surface area contributed by atoms with Gasteiger partial charge < -0.3 is 20.5 Å². The number of thioether (sulfide) groups is 1. The summed E-state index contributed by atoms with van der Waals surface area (Å²) in [6, 6.07) is 17.8. The van der Waals surface area contributed by atoms with Gasteiger partial charge in [-0.05, 0) is 29.8 Å². The van der Waals surface area contributed by atoms with Gasteiger partial charge >= 0.3 is 0 Å². The molecule has 1 aliphatic heterocycles. The molecule has 4 aromatic rings. The van der Waals surface area contributed by atoms with Gasteiger partial charge in [-0.2, -0.15) is 0 Å². The van der Waals surface area contributed by atoms with Crippen LogP contribution in [0.3, 0.4) is 0 Å². The molecule has 5 rings (SSSR count). The molecule has 208 valence electrons. The fourth-order valence-electron chi connectivity index (χ4n) is 4.40. The number of carbonyl (C=O) groups is 1. The number of nitrogens with zero attached hydrogens (tertiary/aromatic N) is 3. The summed E-state index contributed by atoms with van der Waals surface area (Å²) in [6.07, 6.45) is 0. The summed E-state index contributed by atoms with van der Waals surface area (Å²) in [7, 11) is -1.08. The molecule has 0 saturated carbocycles. The molecule has 3 aromatic carbocycles. The molecule has 2 heterocycles. The number of anilines is 3. The van der Waals surface area contributed by atoms with Crippen LogP contribution < -0.4 is 25.2 Å². The molecule has 13 heteroatoms.